The first kappa shape index (κ1) is 26.2. The maximum absolute atomic E-state index is 12.8. The molecule has 5 rings (SSSR count). The van der Waals surface area contributed by atoms with Gasteiger partial charge in [-0.25, -0.2) is 0 Å². The number of rotatable bonds is 2. The van der Waals surface area contributed by atoms with Gasteiger partial charge in [-0.05, 0) is 104 Å². The van der Waals surface area contributed by atoms with Crippen molar-refractivity contribution in [3.05, 3.63) is 11.6 Å². The molecule has 0 amide bonds. The van der Waals surface area contributed by atoms with Crippen LogP contribution in [0.25, 0.3) is 0 Å². The second kappa shape index (κ2) is 7.59. The maximum atomic E-state index is 12.8. The quantitative estimate of drug-likeness (QED) is 0.383. The molecule has 0 spiro atoms. The predicted octanol–water partition coefficient (Wildman–Crippen LogP) is 5.27. The topological polar surface area (TPSA) is 115 Å². The summed E-state index contributed by atoms with van der Waals surface area (Å²) in [5.41, 5.74) is -1.36. The molecule has 0 aromatic rings. The summed E-state index contributed by atoms with van der Waals surface area (Å²) in [6.45, 7) is 13.0. The zero-order chi connectivity index (χ0) is 26.7. The molecule has 0 heterocycles. The number of aliphatic carboxylic acids is 2. The molecule has 5 aliphatic carbocycles. The van der Waals surface area contributed by atoms with Gasteiger partial charge in [0.2, 0.25) is 0 Å². The lowest BCUT2D eigenvalue weighted by Gasteiger charge is -2.71. The van der Waals surface area contributed by atoms with Crippen LogP contribution in [0.5, 0.6) is 0 Å². The zero-order valence-corrected chi connectivity index (χ0v) is 22.9. The molecule has 10 atom stereocenters. The molecule has 0 aliphatic heterocycles. The van der Waals surface area contributed by atoms with Crippen molar-refractivity contribution in [2.45, 2.75) is 112 Å². The summed E-state index contributed by atoms with van der Waals surface area (Å²) in [6, 6.07) is 0. The van der Waals surface area contributed by atoms with Crippen LogP contribution in [0.1, 0.15) is 99.3 Å². The molecule has 0 unspecified atom stereocenters. The van der Waals surface area contributed by atoms with Crippen molar-refractivity contribution in [2.24, 2.45) is 50.2 Å². The molecule has 0 bridgehead atoms. The van der Waals surface area contributed by atoms with Crippen LogP contribution >= 0.6 is 0 Å². The second-order valence-corrected chi connectivity index (χ2v) is 15.0. The second-order valence-electron chi connectivity index (χ2n) is 15.0. The van der Waals surface area contributed by atoms with E-state index in [1.54, 1.807) is 6.92 Å². The Balaban J connectivity index is 1.62. The van der Waals surface area contributed by atoms with E-state index in [-0.39, 0.29) is 34.0 Å². The first-order valence-electron chi connectivity index (χ1n) is 14.0. The van der Waals surface area contributed by atoms with Gasteiger partial charge >= 0.3 is 11.9 Å². The van der Waals surface area contributed by atoms with Crippen LogP contribution in [0.3, 0.4) is 0 Å². The lowest BCUT2D eigenvalue weighted by Crippen LogP contribution is -2.68. The van der Waals surface area contributed by atoms with Gasteiger partial charge in [0.15, 0.2) is 0 Å². The van der Waals surface area contributed by atoms with E-state index in [9.17, 15) is 30.0 Å². The lowest BCUT2D eigenvalue weighted by atomic mass is 9.33. The van der Waals surface area contributed by atoms with Gasteiger partial charge in [0.1, 0.15) is 0 Å². The Morgan fingerprint density at radius 3 is 2.08 bits per heavy atom. The van der Waals surface area contributed by atoms with Crippen LogP contribution in [0.15, 0.2) is 11.6 Å². The summed E-state index contributed by atoms with van der Waals surface area (Å²) >= 11 is 0. The van der Waals surface area contributed by atoms with E-state index in [4.69, 9.17) is 0 Å². The number of carboxylic acid groups (broad SMARTS) is 2. The van der Waals surface area contributed by atoms with Crippen LogP contribution in [0.4, 0.5) is 0 Å². The highest BCUT2D eigenvalue weighted by Crippen LogP contribution is 2.75. The molecule has 0 aromatic heterocycles. The Morgan fingerprint density at radius 2 is 1.47 bits per heavy atom. The number of hydrogen-bond acceptors (Lipinski definition) is 4. The molecule has 4 saturated carbocycles. The first-order chi connectivity index (χ1) is 16.5. The van der Waals surface area contributed by atoms with Crippen molar-refractivity contribution in [2.75, 3.05) is 0 Å². The molecule has 6 heteroatoms. The van der Waals surface area contributed by atoms with Gasteiger partial charge in [-0.15, -0.1) is 0 Å². The van der Waals surface area contributed by atoms with Crippen molar-refractivity contribution in [3.8, 4) is 0 Å². The van der Waals surface area contributed by atoms with Gasteiger partial charge in [0, 0.05) is 0 Å². The Bertz CT molecular complexity index is 1020. The van der Waals surface area contributed by atoms with Crippen molar-refractivity contribution >= 4 is 11.9 Å². The minimum atomic E-state index is -1.39. The first-order valence-corrected chi connectivity index (χ1v) is 14.0. The Morgan fingerprint density at radius 1 is 0.833 bits per heavy atom. The Kier molecular flexibility index (Phi) is 5.53. The van der Waals surface area contributed by atoms with Crippen molar-refractivity contribution in [1.29, 1.82) is 0 Å². The molecule has 4 N–H and O–H groups in total. The van der Waals surface area contributed by atoms with E-state index in [1.807, 2.05) is 0 Å². The summed E-state index contributed by atoms with van der Waals surface area (Å²) in [5, 5.41) is 42.6. The highest BCUT2D eigenvalue weighted by atomic mass is 16.4. The third-order valence-corrected chi connectivity index (χ3v) is 13.1. The number of hydrogen-bond donors (Lipinski definition) is 4. The lowest BCUT2D eigenvalue weighted by molar-refractivity contribution is -0.239. The average molecular weight is 503 g/mol. The molecule has 6 nitrogen and oxygen atoms in total. The smallest absolute Gasteiger partial charge is 0.312 e. The summed E-state index contributed by atoms with van der Waals surface area (Å²) < 4.78 is 0. The number of carboxylic acids is 2. The maximum Gasteiger partial charge on any atom is 0.312 e. The fourth-order valence-electron chi connectivity index (χ4n) is 10.7. The van der Waals surface area contributed by atoms with E-state index in [0.717, 1.165) is 38.5 Å². The van der Waals surface area contributed by atoms with Gasteiger partial charge in [-0.2, -0.15) is 0 Å². The van der Waals surface area contributed by atoms with Crippen LogP contribution in [0, 0.1) is 50.2 Å². The molecule has 202 valence electrons. The minimum Gasteiger partial charge on any atom is -0.481 e. The molecular weight excluding hydrogens is 456 g/mol. The number of aliphatic hydroxyl groups is 2. The van der Waals surface area contributed by atoms with Crippen LogP contribution in [0.2, 0.25) is 0 Å². The van der Waals surface area contributed by atoms with Gasteiger partial charge in [0.25, 0.3) is 0 Å². The van der Waals surface area contributed by atoms with Crippen molar-refractivity contribution < 1.29 is 30.0 Å². The van der Waals surface area contributed by atoms with E-state index >= 15 is 0 Å². The number of carbonyl (C=O) groups is 2. The molecule has 0 aromatic carbocycles. The molecule has 36 heavy (non-hydrogen) atoms. The summed E-state index contributed by atoms with van der Waals surface area (Å²) in [5.74, 6) is -1.71. The molecule has 0 saturated heterocycles. The summed E-state index contributed by atoms with van der Waals surface area (Å²) in [4.78, 5) is 25.3. The normalized spacial score (nSPS) is 53.7. The summed E-state index contributed by atoms with van der Waals surface area (Å²) in [7, 11) is 0. The molecule has 5 aliphatic rings. The van der Waals surface area contributed by atoms with E-state index < -0.39 is 40.4 Å². The van der Waals surface area contributed by atoms with Crippen LogP contribution in [-0.2, 0) is 9.59 Å². The number of fused-ring (bicyclic) bond motifs is 7. The van der Waals surface area contributed by atoms with Crippen LogP contribution < -0.4 is 0 Å². The molecular formula is C30H46O6. The van der Waals surface area contributed by atoms with Crippen molar-refractivity contribution in [3.63, 3.8) is 0 Å². The molecule has 0 radical (unpaired) electrons. The minimum absolute atomic E-state index is 0.0314. The predicted molar refractivity (Wildman–Crippen MR) is 136 cm³/mol. The standard InChI is InChI=1S/C30H46O6/c1-25(2)11-13-30(24(35)36)14-12-27(4)17(18(30)15-25)7-8-20-26(3)16-19(31)22(32)29(6,23(33)34)21(26)9-10-28(20,27)5/h7,18-22,31-32H,8-16H2,1-6H3,(H,33,34)(H,35,36)/t18-,19-,20+,21-,22-,26+,27+,28+,29-,30-/m0/s1. The van der Waals surface area contributed by atoms with Gasteiger partial charge in [0.05, 0.1) is 23.0 Å². The monoisotopic (exact) mass is 502 g/mol. The average Bonchev–Trinajstić information content (AvgIpc) is 2.77. The fourth-order valence-corrected chi connectivity index (χ4v) is 10.7. The van der Waals surface area contributed by atoms with Crippen molar-refractivity contribution in [1.82, 2.24) is 0 Å². The van der Waals surface area contributed by atoms with Crippen LogP contribution in [-0.4, -0.2) is 44.6 Å². The van der Waals surface area contributed by atoms with E-state index in [0.29, 0.717) is 19.3 Å². The fraction of sp³-hybridized carbons (Fsp3) is 0.867. The third-order valence-electron chi connectivity index (χ3n) is 13.1. The highest BCUT2D eigenvalue weighted by Gasteiger charge is 2.71. The number of aliphatic hydroxyl groups excluding tert-OH is 2. The Hall–Kier alpha value is -1.40. The zero-order valence-electron chi connectivity index (χ0n) is 22.9. The number of allylic oxidation sites excluding steroid dienone is 2. The van der Waals surface area contributed by atoms with E-state index in [1.165, 1.54) is 5.57 Å². The third kappa shape index (κ3) is 2.98. The highest BCUT2D eigenvalue weighted by molar-refractivity contribution is 5.77. The Labute approximate surface area is 215 Å². The molecule has 4 fully saturated rings. The SMILES string of the molecule is CC1(C)CC[C@]2(C(=O)O)CC[C@]3(C)C(=CC[C@@H]4[C@@]5(C)C[C@H](O)[C@H](O)[C@@](C)(C(=O)O)[C@H]5CC[C@]43C)[C@@H]2C1. The van der Waals surface area contributed by atoms with Gasteiger partial charge in [-0.1, -0.05) is 46.3 Å². The largest absolute Gasteiger partial charge is 0.481 e. The summed E-state index contributed by atoms with van der Waals surface area (Å²) in [6.07, 6.45) is 6.80. The van der Waals surface area contributed by atoms with E-state index in [2.05, 4.69) is 40.7 Å². The van der Waals surface area contributed by atoms with Gasteiger partial charge < -0.3 is 20.4 Å². The van der Waals surface area contributed by atoms with Gasteiger partial charge in [-0.3, -0.25) is 9.59 Å².